The van der Waals surface area contributed by atoms with Crippen LogP contribution in [-0.2, 0) is 21.3 Å². The summed E-state index contributed by atoms with van der Waals surface area (Å²) in [6.45, 7) is 6.31. The molecule has 0 atom stereocenters. The van der Waals surface area contributed by atoms with Gasteiger partial charge in [-0.05, 0) is 80.3 Å². The van der Waals surface area contributed by atoms with E-state index in [2.05, 4.69) is 79.4 Å². The van der Waals surface area contributed by atoms with Gasteiger partial charge in [-0.2, -0.15) is 0 Å². The molecule has 17 heteroatoms. The number of carbonyl (C=O) groups is 4. The van der Waals surface area contributed by atoms with E-state index in [1.165, 1.54) is 38.5 Å². The van der Waals surface area contributed by atoms with Crippen LogP contribution in [0.2, 0.25) is 0 Å². The molecular weight excluding hydrogens is 974 g/mol. The number of likely N-dealkylation sites (N-methyl/N-ethyl adjacent to an activating group) is 2. The Bertz CT molecular complexity index is 2070. The van der Waals surface area contributed by atoms with E-state index in [4.69, 9.17) is 0 Å². The van der Waals surface area contributed by atoms with Gasteiger partial charge in [0.25, 0.3) is 0 Å². The van der Waals surface area contributed by atoms with Gasteiger partial charge in [-0.3, -0.25) is 4.90 Å². The van der Waals surface area contributed by atoms with Crippen LogP contribution in [0.4, 0.5) is 29.7 Å². The quantitative estimate of drug-likeness (QED) is 0.144. The summed E-state index contributed by atoms with van der Waals surface area (Å²) in [6, 6.07) is 23.2. The standard InChI is InChI=1S/C21H23BrFN3O3.C12H16BrN3O.C9H8BrFO2.CH4/c1-24-8-10-25(11-9-24)21(28)26(18-5-3-4-17(22)13-18)14-16-7-6-15(12-19(16)23)20(27)29-2;1-15-5-7-16(8-6-15)12(17)14-11-4-2-3-10(13)9-11;1-13-9(12)6-2-3-7(5-10)8(11)4-6;/h3-7,12-13H,8-11,14H2,1-2H3;2-4,9H,5-8H2,1H3,(H,14,17);2-4H,5H2,1H3;1H4. The zero-order valence-corrected chi connectivity index (χ0v) is 38.0. The van der Waals surface area contributed by atoms with E-state index in [0.29, 0.717) is 35.2 Å². The molecule has 2 aliphatic rings. The molecule has 0 aliphatic carbocycles. The molecule has 6 rings (SSSR count). The number of carbonyl (C=O) groups excluding carboxylic acids is 4. The monoisotopic (exact) mass is 1020 g/mol. The lowest BCUT2D eigenvalue weighted by atomic mass is 10.1. The van der Waals surface area contributed by atoms with Crippen molar-refractivity contribution in [3.63, 3.8) is 0 Å². The number of halogens is 5. The molecule has 4 amide bonds. The van der Waals surface area contributed by atoms with Crippen LogP contribution in [0.15, 0.2) is 93.9 Å². The second-order valence-corrected chi connectivity index (χ2v) is 16.0. The highest BCUT2D eigenvalue weighted by atomic mass is 79.9. The number of anilines is 2. The summed E-state index contributed by atoms with van der Waals surface area (Å²) in [5.74, 6) is -2.09. The molecule has 4 aromatic rings. The van der Waals surface area contributed by atoms with Crippen LogP contribution in [0.5, 0.6) is 0 Å². The van der Waals surface area contributed by atoms with Crippen LogP contribution in [0, 0.1) is 11.6 Å². The molecule has 2 fully saturated rings. The Morgan fingerprint density at radius 3 is 1.62 bits per heavy atom. The van der Waals surface area contributed by atoms with Gasteiger partial charge in [0.05, 0.1) is 31.9 Å². The predicted molar refractivity (Wildman–Crippen MR) is 242 cm³/mol. The average Bonchev–Trinajstić information content (AvgIpc) is 3.23. The fourth-order valence-corrected chi connectivity index (χ4v) is 7.09. The highest BCUT2D eigenvalue weighted by Crippen LogP contribution is 2.25. The van der Waals surface area contributed by atoms with E-state index < -0.39 is 23.6 Å². The van der Waals surface area contributed by atoms with Gasteiger partial charge in [0, 0.05) is 83.6 Å². The van der Waals surface area contributed by atoms with Crippen molar-refractivity contribution in [2.24, 2.45) is 0 Å². The molecule has 0 unspecified atom stereocenters. The second kappa shape index (κ2) is 24.7. The normalized spacial score (nSPS) is 13.9. The van der Waals surface area contributed by atoms with Crippen molar-refractivity contribution in [1.82, 2.24) is 19.6 Å². The molecule has 60 heavy (non-hydrogen) atoms. The molecule has 0 spiro atoms. The van der Waals surface area contributed by atoms with Crippen LogP contribution < -0.4 is 10.2 Å². The number of hydrogen-bond donors (Lipinski definition) is 1. The van der Waals surface area contributed by atoms with Gasteiger partial charge in [0.1, 0.15) is 11.6 Å². The largest absolute Gasteiger partial charge is 0.465 e. The Balaban J connectivity index is 0.000000263. The number of nitrogens with zero attached hydrogens (tertiary/aromatic N) is 5. The Labute approximate surface area is 376 Å². The maximum absolute atomic E-state index is 14.7. The number of urea groups is 2. The molecule has 0 aromatic heterocycles. The van der Waals surface area contributed by atoms with Gasteiger partial charge in [0.2, 0.25) is 0 Å². The minimum absolute atomic E-state index is 0. The topological polar surface area (TPSA) is 115 Å². The number of methoxy groups -OCH3 is 2. The van der Waals surface area contributed by atoms with Crippen molar-refractivity contribution in [1.29, 1.82) is 0 Å². The Morgan fingerprint density at radius 1 is 0.667 bits per heavy atom. The van der Waals surface area contributed by atoms with Crippen LogP contribution in [0.25, 0.3) is 0 Å². The van der Waals surface area contributed by atoms with Crippen molar-refractivity contribution >= 4 is 83.2 Å². The van der Waals surface area contributed by atoms with E-state index in [-0.39, 0.29) is 37.2 Å². The first-order chi connectivity index (χ1) is 28.2. The van der Waals surface area contributed by atoms with Gasteiger partial charge in [-0.25, -0.2) is 28.0 Å². The summed E-state index contributed by atoms with van der Waals surface area (Å²) < 4.78 is 38.7. The van der Waals surface area contributed by atoms with Crippen molar-refractivity contribution in [3.8, 4) is 0 Å². The summed E-state index contributed by atoms with van der Waals surface area (Å²) in [6.07, 6.45) is 0. The Hall–Kier alpha value is -4.42. The van der Waals surface area contributed by atoms with Crippen LogP contribution in [0.3, 0.4) is 0 Å². The highest BCUT2D eigenvalue weighted by Gasteiger charge is 2.27. The lowest BCUT2D eigenvalue weighted by molar-refractivity contribution is 0.0591. The minimum Gasteiger partial charge on any atom is -0.465 e. The number of hydrogen-bond acceptors (Lipinski definition) is 8. The minimum atomic E-state index is -0.604. The third kappa shape index (κ3) is 14.9. The van der Waals surface area contributed by atoms with Gasteiger partial charge >= 0.3 is 24.0 Å². The summed E-state index contributed by atoms with van der Waals surface area (Å²) >= 11 is 9.95. The fourth-order valence-electron chi connectivity index (χ4n) is 5.85. The maximum atomic E-state index is 14.7. The average molecular weight is 1030 g/mol. The molecule has 0 bridgehead atoms. The van der Waals surface area contributed by atoms with E-state index in [1.807, 2.05) is 60.5 Å². The summed E-state index contributed by atoms with van der Waals surface area (Å²) in [4.78, 5) is 57.4. The van der Waals surface area contributed by atoms with E-state index in [9.17, 15) is 28.0 Å². The maximum Gasteiger partial charge on any atom is 0.337 e. The number of rotatable bonds is 7. The van der Waals surface area contributed by atoms with E-state index >= 15 is 0 Å². The number of nitrogens with one attached hydrogen (secondary N) is 1. The lowest BCUT2D eigenvalue weighted by Crippen LogP contribution is -2.52. The first-order valence-electron chi connectivity index (χ1n) is 18.5. The van der Waals surface area contributed by atoms with Crippen LogP contribution in [0.1, 0.15) is 39.3 Å². The highest BCUT2D eigenvalue weighted by molar-refractivity contribution is 9.10. The zero-order valence-electron chi connectivity index (χ0n) is 33.2. The summed E-state index contributed by atoms with van der Waals surface area (Å²) in [5, 5.41) is 3.34. The zero-order chi connectivity index (χ0) is 43.1. The first-order valence-corrected chi connectivity index (χ1v) is 21.2. The number of alkyl halides is 1. The van der Waals surface area contributed by atoms with Crippen molar-refractivity contribution < 1.29 is 37.4 Å². The van der Waals surface area contributed by atoms with Gasteiger partial charge in [-0.1, -0.05) is 79.5 Å². The van der Waals surface area contributed by atoms with Gasteiger partial charge in [-0.15, -0.1) is 0 Å². The molecule has 324 valence electrons. The van der Waals surface area contributed by atoms with Gasteiger partial charge < -0.3 is 34.4 Å². The van der Waals surface area contributed by atoms with Crippen LogP contribution in [-0.4, -0.2) is 124 Å². The molecule has 2 aliphatic heterocycles. The van der Waals surface area contributed by atoms with Crippen molar-refractivity contribution in [2.75, 3.05) is 90.9 Å². The molecule has 0 radical (unpaired) electrons. The SMILES string of the molecule is C.CN1CCN(C(=O)Nc2cccc(Br)c2)CC1.COC(=O)c1ccc(CBr)c(F)c1.COC(=O)c1ccc(CN(C(=O)N2CCN(C)CC2)c2cccc(Br)c2)c(F)c1. The van der Waals surface area contributed by atoms with Crippen LogP contribution >= 0.6 is 47.8 Å². The third-order valence-corrected chi connectivity index (χ3v) is 11.0. The molecule has 1 N–H and O–H groups in total. The lowest BCUT2D eigenvalue weighted by Gasteiger charge is -2.36. The molecule has 12 nitrogen and oxygen atoms in total. The molecule has 4 aromatic carbocycles. The Kier molecular flexibility index (Phi) is 20.6. The predicted octanol–water partition coefficient (Wildman–Crippen LogP) is 9.12. The van der Waals surface area contributed by atoms with Gasteiger partial charge in [0.15, 0.2) is 0 Å². The molecule has 0 saturated carbocycles. The second-order valence-electron chi connectivity index (χ2n) is 13.6. The molecule has 2 saturated heterocycles. The van der Waals surface area contributed by atoms with Crippen molar-refractivity contribution in [2.45, 2.75) is 19.3 Å². The van der Waals surface area contributed by atoms with E-state index in [1.54, 1.807) is 15.9 Å². The summed E-state index contributed by atoms with van der Waals surface area (Å²) in [7, 11) is 6.60. The molecular formula is C43H51Br3F2N6O6. The Morgan fingerprint density at radius 2 is 1.15 bits per heavy atom. The molecule has 2 heterocycles. The van der Waals surface area contributed by atoms with E-state index in [0.717, 1.165) is 60.0 Å². The van der Waals surface area contributed by atoms with Crippen molar-refractivity contribution in [3.05, 3.63) is 128 Å². The smallest absolute Gasteiger partial charge is 0.337 e. The first kappa shape index (κ1) is 49.9. The number of esters is 2. The summed E-state index contributed by atoms with van der Waals surface area (Å²) in [5.41, 5.74) is 2.69. The fraction of sp³-hybridized carbons (Fsp3) is 0.349. The number of ether oxygens (including phenoxy) is 2. The number of amides is 4. The third-order valence-electron chi connectivity index (χ3n) is 9.41. The number of piperazine rings is 2. The number of benzene rings is 4.